The fraction of sp³-hybridized carbons (Fsp3) is 0.364. The first kappa shape index (κ1) is 9.78. The number of hydrogen-bond acceptors (Lipinski definition) is 1. The summed E-state index contributed by atoms with van der Waals surface area (Å²) in [4.78, 5) is 11.4. The number of aromatic nitrogens is 1. The largest absolute Gasteiger partial charge is 0.349 e. The molecule has 0 atom stereocenters. The molecule has 0 spiro atoms. The van der Waals surface area contributed by atoms with Crippen molar-refractivity contribution in [2.24, 2.45) is 0 Å². The lowest BCUT2D eigenvalue weighted by molar-refractivity contribution is 0.104. The Bertz CT molecular complexity index is 347. The second-order valence-electron chi connectivity index (χ2n) is 3.10. The van der Waals surface area contributed by atoms with Crippen molar-refractivity contribution < 1.29 is 4.79 Å². The molecular formula is C11H15NO. The quantitative estimate of drug-likeness (QED) is 0.513. The summed E-state index contributed by atoms with van der Waals surface area (Å²) < 4.78 is 2.12. The molecule has 0 unspecified atom stereocenters. The van der Waals surface area contributed by atoms with E-state index in [-0.39, 0.29) is 5.78 Å². The van der Waals surface area contributed by atoms with Gasteiger partial charge in [-0.3, -0.25) is 4.79 Å². The zero-order chi connectivity index (χ0) is 10.0. The molecule has 0 N–H and O–H groups in total. The van der Waals surface area contributed by atoms with Gasteiger partial charge in [0.05, 0.1) is 0 Å². The highest BCUT2D eigenvalue weighted by molar-refractivity contribution is 6.05. The van der Waals surface area contributed by atoms with Crippen molar-refractivity contribution in [2.45, 2.75) is 27.3 Å². The lowest BCUT2D eigenvalue weighted by Gasteiger charge is -2.04. The van der Waals surface area contributed by atoms with Crippen molar-refractivity contribution >= 4 is 5.78 Å². The fourth-order valence-corrected chi connectivity index (χ4v) is 1.65. The third-order valence-electron chi connectivity index (χ3n) is 2.34. The van der Waals surface area contributed by atoms with Crippen LogP contribution in [-0.2, 0) is 6.54 Å². The maximum absolute atomic E-state index is 11.4. The second-order valence-corrected chi connectivity index (χ2v) is 3.10. The molecule has 0 aliphatic heterocycles. The summed E-state index contributed by atoms with van der Waals surface area (Å²) in [6.07, 6.45) is 1.36. The Morgan fingerprint density at radius 1 is 1.62 bits per heavy atom. The molecule has 0 aliphatic carbocycles. The maximum atomic E-state index is 11.4. The number of nitrogens with zero attached hydrogens (tertiary/aromatic N) is 1. The van der Waals surface area contributed by atoms with Gasteiger partial charge in [0.1, 0.15) is 0 Å². The standard InChI is InChI=1S/C11H15NO/c1-5-11(13)10-7-8(3)12(6-2)9(10)4/h5,7H,1,6H2,2-4H3. The molecule has 1 heterocycles. The van der Waals surface area contributed by atoms with E-state index in [1.165, 1.54) is 6.08 Å². The predicted molar refractivity (Wildman–Crippen MR) is 54.1 cm³/mol. The Morgan fingerprint density at radius 3 is 2.62 bits per heavy atom. The van der Waals surface area contributed by atoms with Gasteiger partial charge in [0.2, 0.25) is 0 Å². The van der Waals surface area contributed by atoms with Gasteiger partial charge in [-0.2, -0.15) is 0 Å². The zero-order valence-corrected chi connectivity index (χ0v) is 8.42. The van der Waals surface area contributed by atoms with Crippen molar-refractivity contribution in [3.8, 4) is 0 Å². The Labute approximate surface area is 78.9 Å². The molecule has 2 heteroatoms. The highest BCUT2D eigenvalue weighted by Gasteiger charge is 2.11. The van der Waals surface area contributed by atoms with Gasteiger partial charge in [0.15, 0.2) is 5.78 Å². The molecule has 13 heavy (non-hydrogen) atoms. The first-order valence-corrected chi connectivity index (χ1v) is 4.45. The normalized spacial score (nSPS) is 10.1. The molecule has 1 rings (SSSR count). The molecule has 0 fully saturated rings. The van der Waals surface area contributed by atoms with E-state index in [1.54, 1.807) is 0 Å². The van der Waals surface area contributed by atoms with Crippen LogP contribution in [0.5, 0.6) is 0 Å². The molecule has 2 nitrogen and oxygen atoms in total. The van der Waals surface area contributed by atoms with Crippen LogP contribution >= 0.6 is 0 Å². The van der Waals surface area contributed by atoms with Crippen molar-refractivity contribution in [3.63, 3.8) is 0 Å². The van der Waals surface area contributed by atoms with Gasteiger partial charge in [-0.15, -0.1) is 0 Å². The molecule has 0 aliphatic rings. The van der Waals surface area contributed by atoms with Crippen LogP contribution in [0.1, 0.15) is 28.7 Å². The molecule has 0 radical (unpaired) electrons. The van der Waals surface area contributed by atoms with Crippen LogP contribution in [0, 0.1) is 13.8 Å². The molecule has 0 saturated carbocycles. The summed E-state index contributed by atoms with van der Waals surface area (Å²) in [5.41, 5.74) is 2.93. The summed E-state index contributed by atoms with van der Waals surface area (Å²) >= 11 is 0. The smallest absolute Gasteiger partial charge is 0.187 e. The van der Waals surface area contributed by atoms with E-state index in [0.29, 0.717) is 0 Å². The van der Waals surface area contributed by atoms with Crippen LogP contribution < -0.4 is 0 Å². The van der Waals surface area contributed by atoms with E-state index in [4.69, 9.17) is 0 Å². The van der Waals surface area contributed by atoms with E-state index in [2.05, 4.69) is 18.1 Å². The number of carbonyl (C=O) groups excluding carboxylic acids is 1. The van der Waals surface area contributed by atoms with E-state index in [9.17, 15) is 4.79 Å². The first-order chi connectivity index (χ1) is 6.11. The van der Waals surface area contributed by atoms with E-state index in [0.717, 1.165) is 23.5 Å². The number of rotatable bonds is 3. The van der Waals surface area contributed by atoms with Gasteiger partial charge in [0, 0.05) is 23.5 Å². The molecular weight excluding hydrogens is 162 g/mol. The summed E-state index contributed by atoms with van der Waals surface area (Å²) in [5.74, 6) is 0.00722. The molecule has 1 aromatic heterocycles. The minimum absolute atomic E-state index is 0.00722. The van der Waals surface area contributed by atoms with E-state index in [1.807, 2.05) is 19.9 Å². The summed E-state index contributed by atoms with van der Waals surface area (Å²) in [5, 5.41) is 0. The van der Waals surface area contributed by atoms with Crippen LogP contribution in [0.2, 0.25) is 0 Å². The van der Waals surface area contributed by atoms with Crippen molar-refractivity contribution in [3.05, 3.63) is 35.7 Å². The number of aryl methyl sites for hydroxylation is 1. The third-order valence-corrected chi connectivity index (χ3v) is 2.34. The lowest BCUT2D eigenvalue weighted by atomic mass is 10.1. The number of carbonyl (C=O) groups is 1. The highest BCUT2D eigenvalue weighted by Crippen LogP contribution is 2.15. The number of ketones is 1. The number of hydrogen-bond donors (Lipinski definition) is 0. The third kappa shape index (κ3) is 1.57. The highest BCUT2D eigenvalue weighted by atomic mass is 16.1. The van der Waals surface area contributed by atoms with E-state index >= 15 is 0 Å². The Hall–Kier alpha value is -1.31. The van der Waals surface area contributed by atoms with Gasteiger partial charge in [-0.05, 0) is 32.9 Å². The van der Waals surface area contributed by atoms with Gasteiger partial charge in [0.25, 0.3) is 0 Å². The number of allylic oxidation sites excluding steroid dienone is 1. The molecule has 0 amide bonds. The second kappa shape index (κ2) is 3.60. The van der Waals surface area contributed by atoms with Gasteiger partial charge in [-0.1, -0.05) is 6.58 Å². The van der Waals surface area contributed by atoms with Crippen LogP contribution in [0.4, 0.5) is 0 Å². The Morgan fingerprint density at radius 2 is 2.23 bits per heavy atom. The van der Waals surface area contributed by atoms with Crippen LogP contribution in [0.3, 0.4) is 0 Å². The van der Waals surface area contributed by atoms with Crippen LogP contribution in [0.15, 0.2) is 18.7 Å². The van der Waals surface area contributed by atoms with Gasteiger partial charge >= 0.3 is 0 Å². The zero-order valence-electron chi connectivity index (χ0n) is 8.42. The van der Waals surface area contributed by atoms with E-state index < -0.39 is 0 Å². The van der Waals surface area contributed by atoms with Crippen molar-refractivity contribution in [1.29, 1.82) is 0 Å². The summed E-state index contributed by atoms with van der Waals surface area (Å²) in [6, 6.07) is 1.92. The topological polar surface area (TPSA) is 22.0 Å². The van der Waals surface area contributed by atoms with Crippen LogP contribution in [0.25, 0.3) is 0 Å². The minimum Gasteiger partial charge on any atom is -0.349 e. The molecule has 70 valence electrons. The molecule has 0 aromatic carbocycles. The predicted octanol–water partition coefficient (Wildman–Crippen LogP) is 2.49. The lowest BCUT2D eigenvalue weighted by Crippen LogP contribution is -2.01. The average Bonchev–Trinajstić information content (AvgIpc) is 2.40. The Kier molecular flexibility index (Phi) is 2.71. The monoisotopic (exact) mass is 177 g/mol. The Balaban J connectivity index is 3.25. The van der Waals surface area contributed by atoms with Gasteiger partial charge < -0.3 is 4.57 Å². The SMILES string of the molecule is C=CC(=O)c1cc(C)n(CC)c1C. The van der Waals surface area contributed by atoms with Gasteiger partial charge in [-0.25, -0.2) is 0 Å². The average molecular weight is 177 g/mol. The molecule has 0 saturated heterocycles. The minimum atomic E-state index is 0.00722. The first-order valence-electron chi connectivity index (χ1n) is 4.45. The van der Waals surface area contributed by atoms with Crippen molar-refractivity contribution in [1.82, 2.24) is 4.57 Å². The summed E-state index contributed by atoms with van der Waals surface area (Å²) in [7, 11) is 0. The van der Waals surface area contributed by atoms with Crippen molar-refractivity contribution in [2.75, 3.05) is 0 Å². The molecule has 0 bridgehead atoms. The molecule has 1 aromatic rings. The summed E-state index contributed by atoms with van der Waals surface area (Å²) in [6.45, 7) is 10.4. The maximum Gasteiger partial charge on any atom is 0.187 e. The van der Waals surface area contributed by atoms with Crippen LogP contribution in [-0.4, -0.2) is 10.4 Å². The fourth-order valence-electron chi connectivity index (χ4n) is 1.65.